The van der Waals surface area contributed by atoms with Gasteiger partial charge in [0.15, 0.2) is 0 Å². The second-order valence-electron chi connectivity index (χ2n) is 7.26. The predicted octanol–water partition coefficient (Wildman–Crippen LogP) is 2.87. The Labute approximate surface area is 129 Å². The van der Waals surface area contributed by atoms with Crippen LogP contribution in [0, 0.1) is 5.92 Å². The maximum atomic E-state index is 11.5. The third-order valence-corrected chi connectivity index (χ3v) is 4.73. The van der Waals surface area contributed by atoms with Crippen molar-refractivity contribution < 1.29 is 9.90 Å². The Morgan fingerprint density at radius 3 is 2.48 bits per heavy atom. The molecule has 2 aliphatic carbocycles. The van der Waals surface area contributed by atoms with Crippen LogP contribution in [0.2, 0.25) is 0 Å². The Kier molecular flexibility index (Phi) is 6.06. The third-order valence-electron chi connectivity index (χ3n) is 4.73. The lowest BCUT2D eigenvalue weighted by atomic mass is 9.94. The van der Waals surface area contributed by atoms with Crippen molar-refractivity contribution in [2.24, 2.45) is 5.92 Å². The fourth-order valence-corrected chi connectivity index (χ4v) is 3.01. The SMILES string of the molecule is CCCN(CCCCC(C)(NC1CC1)C(=O)O)CC1CC1. The molecular formula is C17H32N2O2. The Bertz CT molecular complexity index is 340. The van der Waals surface area contributed by atoms with Gasteiger partial charge in [0.1, 0.15) is 5.54 Å². The van der Waals surface area contributed by atoms with E-state index in [-0.39, 0.29) is 0 Å². The number of nitrogens with zero attached hydrogens (tertiary/aromatic N) is 1. The third kappa shape index (κ3) is 5.95. The molecule has 4 nitrogen and oxygen atoms in total. The van der Waals surface area contributed by atoms with Crippen LogP contribution in [0.5, 0.6) is 0 Å². The van der Waals surface area contributed by atoms with Crippen LogP contribution < -0.4 is 5.32 Å². The molecule has 0 saturated heterocycles. The predicted molar refractivity (Wildman–Crippen MR) is 85.5 cm³/mol. The monoisotopic (exact) mass is 296 g/mol. The van der Waals surface area contributed by atoms with Gasteiger partial charge in [0.2, 0.25) is 0 Å². The average Bonchev–Trinajstić information content (AvgIpc) is 3.31. The molecule has 0 aliphatic heterocycles. The minimum Gasteiger partial charge on any atom is -0.480 e. The second-order valence-corrected chi connectivity index (χ2v) is 7.26. The van der Waals surface area contributed by atoms with Crippen LogP contribution in [-0.2, 0) is 4.79 Å². The van der Waals surface area contributed by atoms with Crippen molar-refractivity contribution >= 4 is 5.97 Å². The van der Waals surface area contributed by atoms with Crippen molar-refractivity contribution in [2.75, 3.05) is 19.6 Å². The van der Waals surface area contributed by atoms with Gasteiger partial charge < -0.3 is 10.0 Å². The van der Waals surface area contributed by atoms with Gasteiger partial charge in [0, 0.05) is 12.6 Å². The highest BCUT2D eigenvalue weighted by molar-refractivity contribution is 5.78. The molecule has 0 bridgehead atoms. The molecule has 2 aliphatic rings. The maximum Gasteiger partial charge on any atom is 0.323 e. The maximum absolute atomic E-state index is 11.5. The zero-order chi connectivity index (χ0) is 15.3. The molecular weight excluding hydrogens is 264 g/mol. The number of rotatable bonds is 12. The van der Waals surface area contributed by atoms with E-state index in [9.17, 15) is 9.90 Å². The van der Waals surface area contributed by atoms with Gasteiger partial charge in [0.25, 0.3) is 0 Å². The minimum atomic E-state index is -0.729. The molecule has 2 N–H and O–H groups in total. The van der Waals surface area contributed by atoms with Gasteiger partial charge in [-0.3, -0.25) is 10.1 Å². The first-order valence-electron chi connectivity index (χ1n) is 8.77. The largest absolute Gasteiger partial charge is 0.480 e. The fourth-order valence-electron chi connectivity index (χ4n) is 3.01. The summed E-state index contributed by atoms with van der Waals surface area (Å²) in [5.74, 6) is 0.246. The molecule has 2 fully saturated rings. The van der Waals surface area contributed by atoms with Gasteiger partial charge in [-0.25, -0.2) is 0 Å². The number of hydrogen-bond acceptors (Lipinski definition) is 3. The summed E-state index contributed by atoms with van der Waals surface area (Å²) in [6.07, 6.45) is 9.13. The molecule has 1 unspecified atom stereocenters. The number of hydrogen-bond donors (Lipinski definition) is 2. The van der Waals surface area contributed by atoms with E-state index in [1.54, 1.807) is 0 Å². The first-order chi connectivity index (χ1) is 10.0. The van der Waals surface area contributed by atoms with Gasteiger partial charge in [-0.1, -0.05) is 6.92 Å². The van der Waals surface area contributed by atoms with E-state index in [0.29, 0.717) is 6.04 Å². The van der Waals surface area contributed by atoms with Gasteiger partial charge in [-0.15, -0.1) is 0 Å². The number of carboxylic acid groups (broad SMARTS) is 1. The van der Waals surface area contributed by atoms with Crippen LogP contribution in [0.25, 0.3) is 0 Å². The van der Waals surface area contributed by atoms with Crippen molar-refractivity contribution in [1.29, 1.82) is 0 Å². The van der Waals surface area contributed by atoms with Crippen LogP contribution in [0.15, 0.2) is 0 Å². The summed E-state index contributed by atoms with van der Waals surface area (Å²) in [6.45, 7) is 7.66. The number of unbranched alkanes of at least 4 members (excludes halogenated alkanes) is 1. The number of carboxylic acids is 1. The molecule has 0 aromatic carbocycles. The highest BCUT2D eigenvalue weighted by Gasteiger charge is 2.37. The van der Waals surface area contributed by atoms with Crippen LogP contribution in [0.4, 0.5) is 0 Å². The van der Waals surface area contributed by atoms with Gasteiger partial charge in [0.05, 0.1) is 0 Å². The van der Waals surface area contributed by atoms with Crippen LogP contribution in [0.3, 0.4) is 0 Å². The van der Waals surface area contributed by atoms with E-state index in [0.717, 1.165) is 44.6 Å². The Balaban J connectivity index is 1.66. The van der Waals surface area contributed by atoms with Crippen LogP contribution in [0.1, 0.15) is 65.2 Å². The van der Waals surface area contributed by atoms with Crippen LogP contribution in [-0.4, -0.2) is 47.2 Å². The van der Waals surface area contributed by atoms with E-state index >= 15 is 0 Å². The van der Waals surface area contributed by atoms with Gasteiger partial charge in [-0.2, -0.15) is 0 Å². The molecule has 122 valence electrons. The molecule has 2 saturated carbocycles. The Morgan fingerprint density at radius 1 is 1.24 bits per heavy atom. The standard InChI is InChI=1S/C17H32N2O2/c1-3-11-19(13-14-6-7-14)12-5-4-10-17(2,16(20)21)18-15-8-9-15/h14-15,18H,3-13H2,1-2H3,(H,20,21). The molecule has 1 atom stereocenters. The van der Waals surface area contributed by atoms with E-state index in [1.165, 1.54) is 32.4 Å². The molecule has 2 rings (SSSR count). The highest BCUT2D eigenvalue weighted by Crippen LogP contribution is 2.30. The van der Waals surface area contributed by atoms with Crippen molar-refractivity contribution in [2.45, 2.75) is 76.8 Å². The van der Waals surface area contributed by atoms with Crippen molar-refractivity contribution in [3.05, 3.63) is 0 Å². The lowest BCUT2D eigenvalue weighted by Crippen LogP contribution is -2.50. The molecule has 0 radical (unpaired) electrons. The number of nitrogens with one attached hydrogen (secondary N) is 1. The molecule has 0 aromatic heterocycles. The summed E-state index contributed by atoms with van der Waals surface area (Å²) >= 11 is 0. The van der Waals surface area contributed by atoms with Crippen molar-refractivity contribution in [3.63, 3.8) is 0 Å². The zero-order valence-corrected chi connectivity index (χ0v) is 13.7. The number of aliphatic carboxylic acids is 1. The summed E-state index contributed by atoms with van der Waals surface area (Å²) in [5.41, 5.74) is -0.729. The highest BCUT2D eigenvalue weighted by atomic mass is 16.4. The molecule has 0 spiro atoms. The topological polar surface area (TPSA) is 52.6 Å². The Hall–Kier alpha value is -0.610. The molecule has 0 aromatic rings. The first kappa shape index (κ1) is 16.8. The average molecular weight is 296 g/mol. The summed E-state index contributed by atoms with van der Waals surface area (Å²) in [6, 6.07) is 0.442. The van der Waals surface area contributed by atoms with E-state index < -0.39 is 11.5 Å². The lowest BCUT2D eigenvalue weighted by molar-refractivity contribution is -0.144. The smallest absolute Gasteiger partial charge is 0.323 e. The molecule has 21 heavy (non-hydrogen) atoms. The van der Waals surface area contributed by atoms with Crippen LogP contribution >= 0.6 is 0 Å². The van der Waals surface area contributed by atoms with E-state index in [1.807, 2.05) is 6.92 Å². The van der Waals surface area contributed by atoms with Crippen molar-refractivity contribution in [3.8, 4) is 0 Å². The van der Waals surface area contributed by atoms with Crippen molar-refractivity contribution in [1.82, 2.24) is 10.2 Å². The quantitative estimate of drug-likeness (QED) is 0.544. The fraction of sp³-hybridized carbons (Fsp3) is 0.941. The zero-order valence-electron chi connectivity index (χ0n) is 13.7. The summed E-state index contributed by atoms with van der Waals surface area (Å²) in [7, 11) is 0. The van der Waals surface area contributed by atoms with E-state index in [2.05, 4.69) is 17.1 Å². The molecule has 0 heterocycles. The summed E-state index contributed by atoms with van der Waals surface area (Å²) < 4.78 is 0. The summed E-state index contributed by atoms with van der Waals surface area (Å²) in [5, 5.41) is 12.8. The first-order valence-corrected chi connectivity index (χ1v) is 8.77. The van der Waals surface area contributed by atoms with E-state index in [4.69, 9.17) is 0 Å². The molecule has 0 amide bonds. The van der Waals surface area contributed by atoms with Gasteiger partial charge >= 0.3 is 5.97 Å². The minimum absolute atomic E-state index is 0.442. The normalized spacial score (nSPS) is 21.5. The summed E-state index contributed by atoms with van der Waals surface area (Å²) in [4.78, 5) is 14.1. The number of carbonyl (C=O) groups is 1. The van der Waals surface area contributed by atoms with Gasteiger partial charge in [-0.05, 0) is 77.3 Å². The molecule has 4 heteroatoms. The second kappa shape index (κ2) is 7.59. The Morgan fingerprint density at radius 2 is 1.95 bits per heavy atom. The lowest BCUT2D eigenvalue weighted by Gasteiger charge is -2.27.